The molecule has 8 heteroatoms. The van der Waals surface area contributed by atoms with E-state index in [0.29, 0.717) is 15.2 Å². The zero-order valence-corrected chi connectivity index (χ0v) is 19.4. The van der Waals surface area contributed by atoms with Crippen LogP contribution in [0.15, 0.2) is 23.7 Å². The molecule has 29 heavy (non-hydrogen) atoms. The summed E-state index contributed by atoms with van der Waals surface area (Å²) in [6.07, 6.45) is 2.81. The number of amides is 1. The number of aromatic nitrogens is 2. The van der Waals surface area contributed by atoms with Crippen LogP contribution in [-0.4, -0.2) is 28.5 Å². The van der Waals surface area contributed by atoms with Gasteiger partial charge in [0.2, 0.25) is 5.91 Å². The molecule has 0 radical (unpaired) electrons. The smallest absolute Gasteiger partial charge is 0.246 e. The van der Waals surface area contributed by atoms with Crippen molar-refractivity contribution >= 4 is 56.5 Å². The third-order valence-corrected chi connectivity index (χ3v) is 5.90. The maximum absolute atomic E-state index is 12.7. The highest BCUT2D eigenvalue weighted by Gasteiger charge is 2.19. The van der Waals surface area contributed by atoms with Gasteiger partial charge in [-0.1, -0.05) is 50.9 Å². The molecule has 156 valence electrons. The van der Waals surface area contributed by atoms with E-state index in [2.05, 4.69) is 43.3 Å². The topological polar surface area (TPSA) is 59.0 Å². The van der Waals surface area contributed by atoms with Crippen LogP contribution in [0.5, 0.6) is 0 Å². The predicted octanol–water partition coefficient (Wildman–Crippen LogP) is 5.49. The molecule has 0 saturated carbocycles. The van der Waals surface area contributed by atoms with Crippen LogP contribution in [-0.2, 0) is 23.2 Å². The highest BCUT2D eigenvalue weighted by molar-refractivity contribution is 7.13. The Kier molecular flexibility index (Phi) is 6.89. The molecule has 2 heterocycles. The van der Waals surface area contributed by atoms with Crippen molar-refractivity contribution in [2.45, 2.75) is 46.1 Å². The predicted molar refractivity (Wildman–Crippen MR) is 124 cm³/mol. The van der Waals surface area contributed by atoms with Crippen LogP contribution in [0.25, 0.3) is 10.9 Å². The number of halogens is 2. The Labute approximate surface area is 185 Å². The van der Waals surface area contributed by atoms with E-state index in [1.54, 1.807) is 6.07 Å². The fourth-order valence-corrected chi connectivity index (χ4v) is 4.69. The minimum absolute atomic E-state index is 0.0506. The van der Waals surface area contributed by atoms with Gasteiger partial charge in [-0.2, -0.15) is 0 Å². The van der Waals surface area contributed by atoms with Crippen molar-refractivity contribution < 1.29 is 4.79 Å². The van der Waals surface area contributed by atoms with E-state index < -0.39 is 0 Å². The van der Waals surface area contributed by atoms with Gasteiger partial charge in [-0.3, -0.25) is 4.79 Å². The van der Waals surface area contributed by atoms with Gasteiger partial charge in [0.05, 0.1) is 16.2 Å². The zero-order valence-electron chi connectivity index (χ0n) is 17.1. The first-order valence-electron chi connectivity index (χ1n) is 9.62. The molecular formula is C21H26Cl2N4OS. The van der Waals surface area contributed by atoms with Crippen molar-refractivity contribution in [2.75, 3.05) is 18.4 Å². The van der Waals surface area contributed by atoms with Gasteiger partial charge in [0.25, 0.3) is 0 Å². The van der Waals surface area contributed by atoms with Crippen molar-refractivity contribution in [2.24, 2.45) is 0 Å². The summed E-state index contributed by atoms with van der Waals surface area (Å²) in [5.41, 5.74) is 2.87. The van der Waals surface area contributed by atoms with E-state index in [1.165, 1.54) is 11.3 Å². The number of fused-ring (bicyclic) bond motifs is 1. The highest BCUT2D eigenvalue weighted by Crippen LogP contribution is 2.32. The summed E-state index contributed by atoms with van der Waals surface area (Å²) in [6.45, 7) is 10.3. The van der Waals surface area contributed by atoms with Gasteiger partial charge < -0.3 is 15.2 Å². The molecule has 5 nitrogen and oxygen atoms in total. The molecule has 1 amide bonds. The lowest BCUT2D eigenvalue weighted by Crippen LogP contribution is -2.19. The van der Waals surface area contributed by atoms with Crippen molar-refractivity contribution in [3.05, 3.63) is 45.0 Å². The number of nitrogens with one attached hydrogen (secondary N) is 2. The van der Waals surface area contributed by atoms with Gasteiger partial charge >= 0.3 is 0 Å². The molecule has 0 aliphatic heterocycles. The Balaban J connectivity index is 1.83. The minimum atomic E-state index is -0.133. The Morgan fingerprint density at radius 3 is 2.69 bits per heavy atom. The second-order valence-corrected chi connectivity index (χ2v) is 9.71. The summed E-state index contributed by atoms with van der Waals surface area (Å²) in [5, 5.41) is 10.9. The third-order valence-electron chi connectivity index (χ3n) is 4.63. The molecule has 3 aromatic rings. The maximum Gasteiger partial charge on any atom is 0.246 e. The van der Waals surface area contributed by atoms with Crippen molar-refractivity contribution in [3.8, 4) is 0 Å². The van der Waals surface area contributed by atoms with Crippen LogP contribution < -0.4 is 10.6 Å². The summed E-state index contributed by atoms with van der Waals surface area (Å²) < 4.78 is 1.90. The maximum atomic E-state index is 12.7. The van der Waals surface area contributed by atoms with E-state index in [0.717, 1.165) is 41.7 Å². The number of carbonyl (C=O) groups excluding carboxylic acids is 1. The first-order valence-corrected chi connectivity index (χ1v) is 11.3. The highest BCUT2D eigenvalue weighted by atomic mass is 35.5. The van der Waals surface area contributed by atoms with Crippen LogP contribution in [0.1, 0.15) is 39.0 Å². The van der Waals surface area contributed by atoms with Crippen LogP contribution >= 0.6 is 34.5 Å². The molecule has 3 rings (SSSR count). The second-order valence-electron chi connectivity index (χ2n) is 8.00. The number of nitrogens with zero attached hydrogens (tertiary/aromatic N) is 2. The monoisotopic (exact) mass is 452 g/mol. The molecule has 0 atom stereocenters. The first-order chi connectivity index (χ1) is 13.7. The van der Waals surface area contributed by atoms with Gasteiger partial charge in [0, 0.05) is 27.4 Å². The first kappa shape index (κ1) is 22.1. The molecule has 0 aliphatic carbocycles. The molecule has 0 aliphatic rings. The lowest BCUT2D eigenvalue weighted by atomic mass is 9.93. The summed E-state index contributed by atoms with van der Waals surface area (Å²) in [5.74, 6) is -0.133. The SMILES string of the molecule is CCNCCc1cn(CC(=O)Nc2nc(C(C)(C)C)cs2)c2cc(Cl)cc(Cl)c12. The van der Waals surface area contributed by atoms with Crippen molar-refractivity contribution in [1.29, 1.82) is 0 Å². The standard InChI is InChI=1S/C21H26Cl2N4OS/c1-5-24-7-6-13-10-27(16-9-14(22)8-15(23)19(13)16)11-18(28)26-20-25-17(12-29-20)21(2,3)4/h8-10,12,24H,5-7,11H2,1-4H3,(H,25,26,28). The molecule has 2 N–H and O–H groups in total. The summed E-state index contributed by atoms with van der Waals surface area (Å²) in [4.78, 5) is 17.2. The zero-order chi connectivity index (χ0) is 21.2. The number of thiazole rings is 1. The van der Waals surface area contributed by atoms with Crippen molar-refractivity contribution in [1.82, 2.24) is 14.9 Å². The Morgan fingerprint density at radius 2 is 2.03 bits per heavy atom. The van der Waals surface area contributed by atoms with E-state index >= 15 is 0 Å². The minimum Gasteiger partial charge on any atom is -0.338 e. The Hall–Kier alpha value is -1.60. The van der Waals surface area contributed by atoms with E-state index in [9.17, 15) is 4.79 Å². The van der Waals surface area contributed by atoms with E-state index in [1.807, 2.05) is 22.2 Å². The van der Waals surface area contributed by atoms with Gasteiger partial charge in [-0.15, -0.1) is 11.3 Å². The van der Waals surface area contributed by atoms with Crippen molar-refractivity contribution in [3.63, 3.8) is 0 Å². The van der Waals surface area contributed by atoms with Crippen LogP contribution in [0.4, 0.5) is 5.13 Å². The molecular weight excluding hydrogens is 427 g/mol. The summed E-state index contributed by atoms with van der Waals surface area (Å²) >= 11 is 14.1. The van der Waals surface area contributed by atoms with E-state index in [-0.39, 0.29) is 17.9 Å². The number of anilines is 1. The Morgan fingerprint density at radius 1 is 1.28 bits per heavy atom. The van der Waals surface area contributed by atoms with Crippen LogP contribution in [0, 0.1) is 0 Å². The average molecular weight is 453 g/mol. The number of rotatable bonds is 7. The fraction of sp³-hybridized carbons (Fsp3) is 0.429. The van der Waals surface area contributed by atoms with Gasteiger partial charge in [-0.25, -0.2) is 4.98 Å². The summed E-state index contributed by atoms with van der Waals surface area (Å²) in [6, 6.07) is 3.60. The largest absolute Gasteiger partial charge is 0.338 e. The molecule has 0 spiro atoms. The van der Waals surface area contributed by atoms with Crippen LogP contribution in [0.3, 0.4) is 0 Å². The molecule has 0 saturated heterocycles. The Bertz CT molecular complexity index is 1020. The molecule has 1 aromatic carbocycles. The number of carbonyl (C=O) groups is 1. The molecule has 2 aromatic heterocycles. The lowest BCUT2D eigenvalue weighted by Gasteiger charge is -2.14. The van der Waals surface area contributed by atoms with Gasteiger partial charge in [0.1, 0.15) is 6.54 Å². The molecule has 0 fully saturated rings. The quantitative estimate of drug-likeness (QED) is 0.465. The van der Waals surface area contributed by atoms with E-state index in [4.69, 9.17) is 23.2 Å². The average Bonchev–Trinajstić information content (AvgIpc) is 3.20. The number of benzene rings is 1. The number of hydrogen-bond donors (Lipinski definition) is 2. The third kappa shape index (κ3) is 5.31. The number of hydrogen-bond acceptors (Lipinski definition) is 4. The lowest BCUT2D eigenvalue weighted by molar-refractivity contribution is -0.116. The molecule has 0 bridgehead atoms. The fourth-order valence-electron chi connectivity index (χ4n) is 3.14. The van der Waals surface area contributed by atoms with Crippen LogP contribution in [0.2, 0.25) is 10.0 Å². The molecule has 0 unspecified atom stereocenters. The van der Waals surface area contributed by atoms with Gasteiger partial charge in [-0.05, 0) is 37.2 Å². The second kappa shape index (κ2) is 9.04. The van der Waals surface area contributed by atoms with Gasteiger partial charge in [0.15, 0.2) is 5.13 Å². The number of likely N-dealkylation sites (N-methyl/N-ethyl adjacent to an activating group) is 1. The normalized spacial score (nSPS) is 11.9. The summed E-state index contributed by atoms with van der Waals surface area (Å²) in [7, 11) is 0.